The summed E-state index contributed by atoms with van der Waals surface area (Å²) in [6.07, 6.45) is -17.1. The standard InChI is InChI=1S/C40H50N12O20P2/c1-2-25(54)47-19(12-18-6-4-3-5-7-18)38(58)70-30-21(68-37(27(30)55)52-17-46-26-33(43)44-16-45-34(26)52)14-65-74(63,64)72-32-22(69-36(29(32)57)51-11-9-24(42)49-40(51)60)15-66-73(61,62)71-31-20(13-53)67-35(28(31)56)50-10-8-23(41)48-39(50)59/h3-11,16-17,19-22,27-32,35-37,53,55-57H,2,12-15H2,1H3,(H,47,54)(H,61,62)(H,63,64)(H2,41,48,59)(H2,42,49,60)(H2,43,44,45)/t19-,20+,21+,22+,27+,28+,29+,30+,31+,32+,35+,36+,37+/m0/s1. The molecule has 2 unspecified atom stereocenters. The second-order valence-electron chi connectivity index (χ2n) is 16.8. The largest absolute Gasteiger partial charge is 0.472 e. The van der Waals surface area contributed by atoms with Crippen molar-refractivity contribution in [2.24, 2.45) is 0 Å². The van der Waals surface area contributed by atoms with E-state index in [2.05, 4.69) is 30.2 Å². The molecule has 0 aliphatic carbocycles. The van der Waals surface area contributed by atoms with E-state index in [-0.39, 0.29) is 41.5 Å². The average Bonchev–Trinajstić information content (AvgIpc) is 4.09. The third kappa shape index (κ3) is 11.8. The zero-order valence-electron chi connectivity index (χ0n) is 38.5. The van der Waals surface area contributed by atoms with Crippen molar-refractivity contribution < 1.29 is 86.0 Å². The highest BCUT2D eigenvalue weighted by molar-refractivity contribution is 7.47. The van der Waals surface area contributed by atoms with Gasteiger partial charge in [0.1, 0.15) is 78.4 Å². The number of aliphatic hydroxyl groups is 4. The highest BCUT2D eigenvalue weighted by Gasteiger charge is 2.54. The fraction of sp³-hybridized carbons (Fsp3) is 0.475. The van der Waals surface area contributed by atoms with Crippen LogP contribution in [0.3, 0.4) is 0 Å². The number of phosphoric ester groups is 2. The lowest BCUT2D eigenvalue weighted by Crippen LogP contribution is -2.47. The zero-order chi connectivity index (χ0) is 53.2. The van der Waals surface area contributed by atoms with Gasteiger partial charge in [0.25, 0.3) is 0 Å². The van der Waals surface area contributed by atoms with Crippen LogP contribution in [0.2, 0.25) is 0 Å². The van der Waals surface area contributed by atoms with Crippen molar-refractivity contribution in [2.75, 3.05) is 37.0 Å². The Balaban J connectivity index is 1.02. The second kappa shape index (κ2) is 22.3. The minimum atomic E-state index is -5.57. The van der Waals surface area contributed by atoms with E-state index in [1.54, 1.807) is 37.3 Å². The van der Waals surface area contributed by atoms with Gasteiger partial charge in [-0.15, -0.1) is 0 Å². The van der Waals surface area contributed by atoms with Gasteiger partial charge in [-0.2, -0.15) is 9.97 Å². The molecule has 400 valence electrons. The molecule has 8 rings (SSSR count). The maximum absolute atomic E-state index is 14.0. The van der Waals surface area contributed by atoms with Gasteiger partial charge in [0, 0.05) is 25.2 Å². The van der Waals surface area contributed by atoms with Gasteiger partial charge in [0.2, 0.25) is 5.91 Å². The first-order chi connectivity index (χ1) is 35.2. The number of aromatic nitrogens is 8. The summed E-state index contributed by atoms with van der Waals surface area (Å²) in [5.41, 5.74) is 15.9. The Kier molecular flexibility index (Phi) is 16.3. The number of benzene rings is 1. The van der Waals surface area contributed by atoms with Crippen LogP contribution >= 0.6 is 15.6 Å². The molecule has 4 aromatic heterocycles. The van der Waals surface area contributed by atoms with Gasteiger partial charge >= 0.3 is 33.0 Å². The summed E-state index contributed by atoms with van der Waals surface area (Å²) in [5.74, 6) is -2.00. The number of nitrogens with one attached hydrogen (secondary N) is 1. The van der Waals surface area contributed by atoms with E-state index in [1.165, 1.54) is 17.0 Å². The maximum Gasteiger partial charge on any atom is 0.472 e. The number of nitrogens with two attached hydrogens (primary N) is 3. The van der Waals surface area contributed by atoms with Gasteiger partial charge in [-0.1, -0.05) is 37.3 Å². The van der Waals surface area contributed by atoms with Gasteiger partial charge in [-0.05, 0) is 17.7 Å². The third-order valence-corrected chi connectivity index (χ3v) is 13.8. The number of nitrogen functional groups attached to an aromatic ring is 3. The molecule has 34 heteroatoms. The van der Waals surface area contributed by atoms with Crippen molar-refractivity contribution in [1.29, 1.82) is 0 Å². The first-order valence-corrected chi connectivity index (χ1v) is 25.3. The minimum absolute atomic E-state index is 0.00801. The average molecular weight is 1080 g/mol. The van der Waals surface area contributed by atoms with Crippen LogP contribution in [0.25, 0.3) is 11.2 Å². The predicted molar refractivity (Wildman–Crippen MR) is 246 cm³/mol. The van der Waals surface area contributed by atoms with Crippen molar-refractivity contribution in [1.82, 2.24) is 43.9 Å². The van der Waals surface area contributed by atoms with Crippen LogP contribution < -0.4 is 33.9 Å². The van der Waals surface area contributed by atoms with Gasteiger partial charge < -0.3 is 71.7 Å². The zero-order valence-corrected chi connectivity index (χ0v) is 40.3. The molecule has 0 bridgehead atoms. The van der Waals surface area contributed by atoms with Crippen LogP contribution in [0.1, 0.15) is 37.6 Å². The van der Waals surface area contributed by atoms with Crippen LogP contribution in [0, 0.1) is 0 Å². The molecule has 3 aliphatic heterocycles. The van der Waals surface area contributed by atoms with Crippen molar-refractivity contribution in [2.45, 2.75) is 99.4 Å². The van der Waals surface area contributed by atoms with E-state index in [4.69, 9.17) is 54.2 Å². The molecule has 3 saturated heterocycles. The lowest BCUT2D eigenvalue weighted by molar-refractivity contribution is -0.160. The Morgan fingerprint density at radius 3 is 1.80 bits per heavy atom. The summed E-state index contributed by atoms with van der Waals surface area (Å²) in [6, 6.07) is 9.60. The number of rotatable bonds is 20. The number of anilines is 3. The van der Waals surface area contributed by atoms with Crippen LogP contribution in [-0.4, -0.2) is 162 Å². The van der Waals surface area contributed by atoms with Crippen molar-refractivity contribution in [3.8, 4) is 0 Å². The highest BCUT2D eigenvalue weighted by atomic mass is 31.2. The Morgan fingerprint density at radius 1 is 0.743 bits per heavy atom. The molecule has 5 aromatic rings. The van der Waals surface area contributed by atoms with Gasteiger partial charge in [-0.3, -0.25) is 36.6 Å². The molecule has 15 atom stereocenters. The fourth-order valence-electron chi connectivity index (χ4n) is 8.22. The van der Waals surface area contributed by atoms with E-state index < -0.39 is 138 Å². The summed E-state index contributed by atoms with van der Waals surface area (Å²) >= 11 is 0. The number of hydrogen-bond donors (Lipinski definition) is 10. The fourth-order valence-corrected chi connectivity index (χ4v) is 10.2. The van der Waals surface area contributed by atoms with E-state index in [9.17, 15) is 58.5 Å². The van der Waals surface area contributed by atoms with Crippen molar-refractivity contribution in [3.63, 3.8) is 0 Å². The van der Waals surface area contributed by atoms with E-state index in [1.807, 2.05) is 0 Å². The van der Waals surface area contributed by atoms with Crippen LogP contribution in [-0.2, 0) is 62.2 Å². The number of aliphatic hydroxyl groups excluding tert-OH is 4. The molecule has 74 heavy (non-hydrogen) atoms. The summed E-state index contributed by atoms with van der Waals surface area (Å²) in [7, 11) is -11.0. The number of carbonyl (C=O) groups is 2. The molecule has 13 N–H and O–H groups in total. The summed E-state index contributed by atoms with van der Waals surface area (Å²) < 4.78 is 74.4. The lowest BCUT2D eigenvalue weighted by atomic mass is 10.1. The van der Waals surface area contributed by atoms with Crippen molar-refractivity contribution in [3.05, 3.63) is 94.0 Å². The number of carbonyl (C=O) groups excluding carboxylic acids is 2. The van der Waals surface area contributed by atoms with E-state index in [0.29, 0.717) is 10.1 Å². The molecule has 3 aliphatic rings. The van der Waals surface area contributed by atoms with Crippen molar-refractivity contribution >= 4 is 56.1 Å². The molecular formula is C40H50N12O20P2. The normalized spacial score (nSPS) is 28.9. The molecule has 3 fully saturated rings. The van der Waals surface area contributed by atoms with Crippen LogP contribution in [0.5, 0.6) is 0 Å². The molecule has 1 amide bonds. The highest BCUT2D eigenvalue weighted by Crippen LogP contribution is 2.52. The summed E-state index contributed by atoms with van der Waals surface area (Å²) in [5, 5.41) is 46.9. The third-order valence-electron chi connectivity index (χ3n) is 11.8. The maximum atomic E-state index is 14.0. The van der Waals surface area contributed by atoms with Gasteiger partial charge in [-0.25, -0.2) is 38.5 Å². The number of fused-ring (bicyclic) bond motifs is 1. The Bertz CT molecular complexity index is 3040. The quantitative estimate of drug-likeness (QED) is 0.0273. The molecular weight excluding hydrogens is 1030 g/mol. The Morgan fingerprint density at radius 2 is 1.26 bits per heavy atom. The number of ether oxygens (including phenoxy) is 4. The Labute approximate surface area is 415 Å². The number of imidazole rings is 1. The van der Waals surface area contributed by atoms with Gasteiger partial charge in [0.15, 0.2) is 36.3 Å². The molecule has 1 aromatic carbocycles. The molecule has 0 saturated carbocycles. The first kappa shape index (κ1) is 54.1. The number of nitrogens with zero attached hydrogens (tertiary/aromatic N) is 8. The summed E-state index contributed by atoms with van der Waals surface area (Å²) in [6.45, 7) is -1.53. The monoisotopic (exact) mass is 1080 g/mol. The molecule has 7 heterocycles. The van der Waals surface area contributed by atoms with Crippen LogP contribution in [0.4, 0.5) is 17.5 Å². The number of esters is 1. The minimum Gasteiger partial charge on any atom is -0.455 e. The topological polar surface area (TPSA) is 467 Å². The smallest absolute Gasteiger partial charge is 0.455 e. The SMILES string of the molecule is CCC(=O)N[C@@H](Cc1ccccc1)C(=O)O[C@H]1[C@@H](O)[C@H](n2cnc3c(N)ncnc32)O[C@@H]1COP(=O)(O)O[C@H]1[C@@H](O)[C@H](n2ccc(N)nc2=O)O[C@@H]1COP(=O)(O)O[C@H]1[C@@H](O)[C@H](n2ccc(N)nc2=O)O[C@@H]1CO. The molecule has 32 nitrogen and oxygen atoms in total. The number of amides is 1. The number of phosphoric acid groups is 2. The molecule has 0 radical (unpaired) electrons. The molecule has 0 spiro atoms. The van der Waals surface area contributed by atoms with Gasteiger partial charge in [0.05, 0.1) is 26.1 Å². The first-order valence-electron chi connectivity index (χ1n) is 22.3. The second-order valence-corrected chi connectivity index (χ2v) is 19.6. The lowest BCUT2D eigenvalue weighted by Gasteiger charge is -2.26. The predicted octanol–water partition coefficient (Wildman–Crippen LogP) is -3.09. The van der Waals surface area contributed by atoms with E-state index >= 15 is 0 Å². The summed E-state index contributed by atoms with van der Waals surface area (Å²) in [4.78, 5) is 93.4. The number of hydrogen-bond acceptors (Lipinski definition) is 26. The Hall–Kier alpha value is -6.19. The van der Waals surface area contributed by atoms with E-state index in [0.717, 1.165) is 29.4 Å². The van der Waals surface area contributed by atoms with Crippen LogP contribution in [0.15, 0.2) is 77.1 Å².